The molecule has 1 amide bonds. The van der Waals surface area contributed by atoms with E-state index in [1.807, 2.05) is 35.7 Å². The van der Waals surface area contributed by atoms with Gasteiger partial charge in [0.2, 0.25) is 0 Å². The minimum atomic E-state index is -3.67. The standard InChI is InChI=1S/C18H15F2NO3S2/c19-18(20)23-14-7-6-13(10-15(14)24-18)21-16(22)11-2-4-12(5-3-11)17-25-8-1-9-26-17/h2-7,10,17H,1,8-9H2,(H,21,22). The van der Waals surface area contributed by atoms with Gasteiger partial charge in [0.05, 0.1) is 4.58 Å². The van der Waals surface area contributed by atoms with E-state index in [4.69, 9.17) is 0 Å². The lowest BCUT2D eigenvalue weighted by molar-refractivity contribution is -0.286. The molecule has 0 spiro atoms. The van der Waals surface area contributed by atoms with E-state index in [2.05, 4.69) is 14.8 Å². The van der Waals surface area contributed by atoms with Crippen molar-refractivity contribution in [3.05, 3.63) is 53.6 Å². The Balaban J connectivity index is 1.44. The fourth-order valence-electron chi connectivity index (χ4n) is 2.70. The van der Waals surface area contributed by atoms with Gasteiger partial charge in [-0.05, 0) is 47.8 Å². The van der Waals surface area contributed by atoms with Gasteiger partial charge in [-0.3, -0.25) is 4.79 Å². The van der Waals surface area contributed by atoms with Crippen LogP contribution in [0.15, 0.2) is 42.5 Å². The van der Waals surface area contributed by atoms with Crippen molar-refractivity contribution in [2.24, 2.45) is 0 Å². The number of hydrogen-bond acceptors (Lipinski definition) is 5. The number of benzene rings is 2. The van der Waals surface area contributed by atoms with Gasteiger partial charge in [-0.15, -0.1) is 32.3 Å². The number of thioether (sulfide) groups is 2. The third-order valence-electron chi connectivity index (χ3n) is 3.93. The molecule has 2 aromatic rings. The highest BCUT2D eigenvalue weighted by Crippen LogP contribution is 2.44. The number of carbonyl (C=O) groups excluding carboxylic acids is 1. The molecule has 2 heterocycles. The van der Waals surface area contributed by atoms with Crippen molar-refractivity contribution in [2.75, 3.05) is 16.8 Å². The summed E-state index contributed by atoms with van der Waals surface area (Å²) >= 11 is 3.84. The van der Waals surface area contributed by atoms with Gasteiger partial charge in [-0.25, -0.2) is 0 Å². The van der Waals surface area contributed by atoms with Gasteiger partial charge in [0, 0.05) is 17.3 Å². The zero-order valence-electron chi connectivity index (χ0n) is 13.5. The first-order valence-electron chi connectivity index (χ1n) is 8.05. The Hall–Kier alpha value is -1.93. The molecule has 2 aliphatic rings. The first-order valence-corrected chi connectivity index (χ1v) is 10.1. The SMILES string of the molecule is O=C(Nc1ccc2c(c1)OC(F)(F)O2)c1ccc(C2SCCCS2)cc1. The van der Waals surface area contributed by atoms with E-state index in [1.54, 1.807) is 12.1 Å². The quantitative estimate of drug-likeness (QED) is 0.781. The van der Waals surface area contributed by atoms with Gasteiger partial charge in [-0.1, -0.05) is 12.1 Å². The Kier molecular flexibility index (Phi) is 4.71. The highest BCUT2D eigenvalue weighted by atomic mass is 32.2. The highest BCUT2D eigenvalue weighted by Gasteiger charge is 2.43. The Morgan fingerprint density at radius 1 is 1.04 bits per heavy atom. The molecule has 1 saturated heterocycles. The summed E-state index contributed by atoms with van der Waals surface area (Å²) in [6, 6.07) is 11.6. The number of amides is 1. The number of alkyl halides is 2. The van der Waals surface area contributed by atoms with Crippen LogP contribution in [0.1, 0.15) is 26.9 Å². The van der Waals surface area contributed by atoms with Crippen LogP contribution in [0.2, 0.25) is 0 Å². The Morgan fingerprint density at radius 2 is 1.73 bits per heavy atom. The number of anilines is 1. The predicted octanol–water partition coefficient (Wildman–Crippen LogP) is 5.13. The average Bonchev–Trinajstić information content (AvgIpc) is 2.95. The predicted molar refractivity (Wildman–Crippen MR) is 99.3 cm³/mol. The van der Waals surface area contributed by atoms with Crippen LogP contribution in [-0.4, -0.2) is 23.7 Å². The number of fused-ring (bicyclic) bond motifs is 1. The van der Waals surface area contributed by atoms with Crippen molar-refractivity contribution in [1.29, 1.82) is 0 Å². The molecule has 4 rings (SSSR count). The molecule has 1 N–H and O–H groups in total. The molecule has 1 fully saturated rings. The largest absolute Gasteiger partial charge is 0.586 e. The second-order valence-corrected chi connectivity index (χ2v) is 8.56. The molecule has 0 radical (unpaired) electrons. The zero-order valence-corrected chi connectivity index (χ0v) is 15.2. The topological polar surface area (TPSA) is 47.6 Å². The van der Waals surface area contributed by atoms with Gasteiger partial charge in [0.15, 0.2) is 11.5 Å². The van der Waals surface area contributed by atoms with Crippen LogP contribution >= 0.6 is 23.5 Å². The molecule has 136 valence electrons. The summed E-state index contributed by atoms with van der Waals surface area (Å²) in [4.78, 5) is 12.4. The van der Waals surface area contributed by atoms with Crippen LogP contribution < -0.4 is 14.8 Å². The maximum absolute atomic E-state index is 13.1. The lowest BCUT2D eigenvalue weighted by atomic mass is 10.1. The van der Waals surface area contributed by atoms with Crippen molar-refractivity contribution in [1.82, 2.24) is 0 Å². The summed E-state index contributed by atoms with van der Waals surface area (Å²) in [6.07, 6.45) is -2.44. The molecular weight excluding hydrogens is 380 g/mol. The van der Waals surface area contributed by atoms with Crippen LogP contribution in [-0.2, 0) is 0 Å². The Labute approximate surface area is 157 Å². The first-order chi connectivity index (χ1) is 12.5. The second-order valence-electron chi connectivity index (χ2n) is 5.83. The number of rotatable bonds is 3. The minimum absolute atomic E-state index is 0.0557. The smallest absolute Gasteiger partial charge is 0.395 e. The lowest BCUT2D eigenvalue weighted by Crippen LogP contribution is -2.25. The molecule has 2 aliphatic heterocycles. The maximum atomic E-state index is 13.1. The summed E-state index contributed by atoms with van der Waals surface area (Å²) in [5, 5.41) is 2.68. The van der Waals surface area contributed by atoms with Crippen LogP contribution in [0.25, 0.3) is 0 Å². The highest BCUT2D eigenvalue weighted by molar-refractivity contribution is 8.16. The van der Waals surface area contributed by atoms with Crippen LogP contribution in [0.5, 0.6) is 11.5 Å². The summed E-state index contributed by atoms with van der Waals surface area (Å²) in [5.74, 6) is 1.84. The number of carbonyl (C=O) groups is 1. The van der Waals surface area contributed by atoms with Crippen molar-refractivity contribution in [3.63, 3.8) is 0 Å². The van der Waals surface area contributed by atoms with Gasteiger partial charge in [-0.2, -0.15) is 0 Å². The van der Waals surface area contributed by atoms with E-state index >= 15 is 0 Å². The average molecular weight is 395 g/mol. The summed E-state index contributed by atoms with van der Waals surface area (Å²) in [7, 11) is 0. The molecule has 26 heavy (non-hydrogen) atoms. The Bertz CT molecular complexity index is 824. The van der Waals surface area contributed by atoms with Crippen LogP contribution in [0.4, 0.5) is 14.5 Å². The molecular formula is C18H15F2NO3S2. The monoisotopic (exact) mass is 395 g/mol. The fraction of sp³-hybridized carbons (Fsp3) is 0.278. The number of hydrogen-bond donors (Lipinski definition) is 1. The number of halogens is 2. The van der Waals surface area contributed by atoms with Crippen LogP contribution in [0.3, 0.4) is 0 Å². The summed E-state index contributed by atoms with van der Waals surface area (Å²) < 4.78 is 35.2. The lowest BCUT2D eigenvalue weighted by Gasteiger charge is -2.21. The van der Waals surface area contributed by atoms with Gasteiger partial charge in [0.1, 0.15) is 0 Å². The molecule has 0 bridgehead atoms. The molecule has 2 aromatic carbocycles. The maximum Gasteiger partial charge on any atom is 0.586 e. The summed E-state index contributed by atoms with van der Waals surface area (Å²) in [5.41, 5.74) is 2.06. The normalized spacial score (nSPS) is 18.5. The van der Waals surface area contributed by atoms with E-state index in [9.17, 15) is 13.6 Å². The van der Waals surface area contributed by atoms with E-state index in [1.165, 1.54) is 30.2 Å². The minimum Gasteiger partial charge on any atom is -0.395 e. The van der Waals surface area contributed by atoms with Crippen molar-refractivity contribution >= 4 is 35.1 Å². The molecule has 0 aliphatic carbocycles. The van der Waals surface area contributed by atoms with E-state index < -0.39 is 6.29 Å². The van der Waals surface area contributed by atoms with Gasteiger partial charge >= 0.3 is 6.29 Å². The van der Waals surface area contributed by atoms with Gasteiger partial charge in [0.25, 0.3) is 5.91 Å². The Morgan fingerprint density at radius 3 is 2.46 bits per heavy atom. The molecule has 4 nitrogen and oxygen atoms in total. The third-order valence-corrected chi connectivity index (χ3v) is 6.95. The van der Waals surface area contributed by atoms with Crippen molar-refractivity contribution in [3.8, 4) is 11.5 Å². The molecule has 0 aromatic heterocycles. The van der Waals surface area contributed by atoms with Crippen molar-refractivity contribution in [2.45, 2.75) is 17.3 Å². The summed E-state index contributed by atoms with van der Waals surface area (Å²) in [6.45, 7) is 0. The van der Waals surface area contributed by atoms with Crippen molar-refractivity contribution < 1.29 is 23.0 Å². The number of nitrogens with one attached hydrogen (secondary N) is 1. The van der Waals surface area contributed by atoms with E-state index in [0.29, 0.717) is 15.8 Å². The zero-order chi connectivity index (χ0) is 18.1. The third kappa shape index (κ3) is 3.76. The van der Waals surface area contributed by atoms with Crippen LogP contribution in [0, 0.1) is 0 Å². The molecule has 8 heteroatoms. The molecule has 0 saturated carbocycles. The molecule has 0 unspecified atom stereocenters. The van der Waals surface area contributed by atoms with Gasteiger partial charge < -0.3 is 14.8 Å². The van der Waals surface area contributed by atoms with E-state index in [0.717, 1.165) is 11.5 Å². The fourth-order valence-corrected chi connectivity index (χ4v) is 5.60. The number of ether oxygens (including phenoxy) is 2. The second kappa shape index (κ2) is 7.00. The van der Waals surface area contributed by atoms with E-state index in [-0.39, 0.29) is 17.4 Å². The molecule has 0 atom stereocenters. The first kappa shape index (κ1) is 17.5.